The van der Waals surface area contributed by atoms with Gasteiger partial charge < -0.3 is 9.84 Å². The summed E-state index contributed by atoms with van der Waals surface area (Å²) in [6, 6.07) is 12.9. The van der Waals surface area contributed by atoms with Crippen molar-refractivity contribution >= 4 is 11.5 Å². The maximum Gasteiger partial charge on any atom is 0.354 e. The molecule has 0 aliphatic rings. The Kier molecular flexibility index (Phi) is 5.07. The SMILES string of the molecule is COc1ccc(Cn2nc(-c3cc(-c4cnn(C)c4)cn4ncc(C#N)c34)cc2C(=O)O)cc1. The fourth-order valence-electron chi connectivity index (χ4n) is 3.87. The van der Waals surface area contributed by atoms with Gasteiger partial charge >= 0.3 is 5.97 Å². The van der Waals surface area contributed by atoms with Crippen molar-refractivity contribution in [1.82, 2.24) is 29.2 Å². The van der Waals surface area contributed by atoms with Crippen LogP contribution in [0.15, 0.2) is 61.2 Å². The number of aryl methyl sites for hydroxylation is 1. The zero-order valence-corrected chi connectivity index (χ0v) is 18.4. The highest BCUT2D eigenvalue weighted by Gasteiger charge is 2.20. The number of ether oxygens (including phenoxy) is 1. The van der Waals surface area contributed by atoms with Crippen LogP contribution >= 0.6 is 0 Å². The van der Waals surface area contributed by atoms with E-state index in [1.807, 2.05) is 49.8 Å². The van der Waals surface area contributed by atoms with Crippen LogP contribution in [0.25, 0.3) is 27.9 Å². The van der Waals surface area contributed by atoms with E-state index in [1.54, 1.807) is 22.5 Å². The molecular formula is C24H19N7O3. The van der Waals surface area contributed by atoms with Crippen molar-refractivity contribution in [1.29, 1.82) is 5.26 Å². The van der Waals surface area contributed by atoms with E-state index in [2.05, 4.69) is 21.4 Å². The molecule has 5 rings (SSSR count). The highest BCUT2D eigenvalue weighted by Crippen LogP contribution is 2.32. The lowest BCUT2D eigenvalue weighted by molar-refractivity contribution is 0.0684. The molecule has 0 amide bonds. The molecule has 4 heterocycles. The molecule has 1 aromatic carbocycles. The summed E-state index contributed by atoms with van der Waals surface area (Å²) in [5, 5.41) is 32.6. The van der Waals surface area contributed by atoms with Gasteiger partial charge in [-0.15, -0.1) is 0 Å². The molecule has 0 aliphatic carbocycles. The summed E-state index contributed by atoms with van der Waals surface area (Å²) >= 11 is 0. The number of carbonyl (C=O) groups is 1. The van der Waals surface area contributed by atoms with E-state index < -0.39 is 5.97 Å². The van der Waals surface area contributed by atoms with Crippen LogP contribution in [0.4, 0.5) is 0 Å². The van der Waals surface area contributed by atoms with Crippen molar-refractivity contribution in [3.8, 4) is 34.2 Å². The van der Waals surface area contributed by atoms with Gasteiger partial charge in [-0.1, -0.05) is 12.1 Å². The molecule has 0 unspecified atom stereocenters. The minimum Gasteiger partial charge on any atom is -0.497 e. The molecule has 5 aromatic rings. The number of methoxy groups -OCH3 is 1. The molecule has 0 spiro atoms. The van der Waals surface area contributed by atoms with Crippen molar-refractivity contribution < 1.29 is 14.6 Å². The maximum atomic E-state index is 12.0. The number of nitrogens with zero attached hydrogens (tertiary/aromatic N) is 7. The number of nitriles is 1. The third-order valence-corrected chi connectivity index (χ3v) is 5.54. The van der Waals surface area contributed by atoms with E-state index in [-0.39, 0.29) is 12.2 Å². The Morgan fingerprint density at radius 2 is 1.91 bits per heavy atom. The van der Waals surface area contributed by atoms with Crippen LogP contribution < -0.4 is 4.74 Å². The number of carboxylic acids is 1. The minimum atomic E-state index is -1.10. The average Bonchev–Trinajstić information content (AvgIpc) is 3.57. The molecular weight excluding hydrogens is 434 g/mol. The van der Waals surface area contributed by atoms with Crippen LogP contribution in [0.1, 0.15) is 21.6 Å². The third-order valence-electron chi connectivity index (χ3n) is 5.54. The summed E-state index contributed by atoms with van der Waals surface area (Å²) in [6.07, 6.45) is 6.89. The van der Waals surface area contributed by atoms with E-state index in [9.17, 15) is 15.2 Å². The summed E-state index contributed by atoms with van der Waals surface area (Å²) < 4.78 is 9.93. The number of aromatic carboxylic acids is 1. The van der Waals surface area contributed by atoms with E-state index in [0.29, 0.717) is 28.1 Å². The molecule has 10 heteroatoms. The number of aromatic nitrogens is 6. The number of pyridine rings is 1. The molecule has 1 N–H and O–H groups in total. The quantitative estimate of drug-likeness (QED) is 0.419. The highest BCUT2D eigenvalue weighted by atomic mass is 16.5. The summed E-state index contributed by atoms with van der Waals surface area (Å²) in [4.78, 5) is 12.0. The zero-order chi connectivity index (χ0) is 23.8. The topological polar surface area (TPSA) is 123 Å². The van der Waals surface area contributed by atoms with Gasteiger partial charge in [0.25, 0.3) is 0 Å². The van der Waals surface area contributed by atoms with Crippen LogP contribution in [0.3, 0.4) is 0 Å². The first-order valence-corrected chi connectivity index (χ1v) is 10.3. The van der Waals surface area contributed by atoms with Gasteiger partial charge in [-0.05, 0) is 29.8 Å². The molecule has 0 aliphatic heterocycles. The first kappa shape index (κ1) is 21.0. The van der Waals surface area contributed by atoms with Crippen LogP contribution in [-0.4, -0.2) is 47.4 Å². The van der Waals surface area contributed by atoms with E-state index in [4.69, 9.17) is 4.74 Å². The summed E-state index contributed by atoms with van der Waals surface area (Å²) in [7, 11) is 3.41. The summed E-state index contributed by atoms with van der Waals surface area (Å²) in [5.74, 6) is -0.386. The standard InChI is InChI=1S/C24H19N7O3/c1-29-13-18(11-26-29)16-7-20(23-17(9-25)10-27-31(23)14-16)21-8-22(24(32)33)30(28-21)12-15-3-5-19(34-2)6-4-15/h3-8,10-11,13-14H,12H2,1-2H3,(H,32,33). The number of rotatable bonds is 6. The third kappa shape index (κ3) is 3.65. The minimum absolute atomic E-state index is 0.0359. The van der Waals surface area contributed by atoms with Gasteiger partial charge in [0.05, 0.1) is 42.8 Å². The van der Waals surface area contributed by atoms with E-state index in [0.717, 1.165) is 16.7 Å². The molecule has 0 radical (unpaired) electrons. The summed E-state index contributed by atoms with van der Waals surface area (Å²) in [6.45, 7) is 0.259. The lowest BCUT2D eigenvalue weighted by atomic mass is 10.0. The van der Waals surface area contributed by atoms with Gasteiger partial charge in [-0.25, -0.2) is 9.31 Å². The monoisotopic (exact) mass is 453 g/mol. The Balaban J connectivity index is 1.66. The fourth-order valence-corrected chi connectivity index (χ4v) is 3.87. The second-order valence-electron chi connectivity index (χ2n) is 7.73. The number of carboxylic acid groups (broad SMARTS) is 1. The first-order valence-electron chi connectivity index (χ1n) is 10.3. The largest absolute Gasteiger partial charge is 0.497 e. The highest BCUT2D eigenvalue weighted by molar-refractivity contribution is 5.91. The summed E-state index contributed by atoms with van der Waals surface area (Å²) in [5.41, 5.74) is 4.53. The first-order chi connectivity index (χ1) is 16.5. The van der Waals surface area contributed by atoms with Crippen LogP contribution in [0, 0.1) is 11.3 Å². The Bertz CT molecular complexity index is 1570. The molecule has 0 saturated carbocycles. The van der Waals surface area contributed by atoms with Gasteiger partial charge in [0, 0.05) is 36.1 Å². The number of benzene rings is 1. The molecule has 4 aromatic heterocycles. The predicted molar refractivity (Wildman–Crippen MR) is 122 cm³/mol. The molecule has 0 atom stereocenters. The number of hydrogen-bond acceptors (Lipinski definition) is 6. The second kappa shape index (κ2) is 8.22. The Labute approximate surface area is 193 Å². The molecule has 0 bridgehead atoms. The van der Waals surface area contributed by atoms with Crippen molar-refractivity contribution in [2.24, 2.45) is 7.05 Å². The van der Waals surface area contributed by atoms with Crippen molar-refractivity contribution in [2.75, 3.05) is 7.11 Å². The zero-order valence-electron chi connectivity index (χ0n) is 18.4. The molecule has 0 fully saturated rings. The Morgan fingerprint density at radius 3 is 2.56 bits per heavy atom. The van der Waals surface area contributed by atoms with Crippen LogP contribution in [0.2, 0.25) is 0 Å². The molecule has 34 heavy (non-hydrogen) atoms. The smallest absolute Gasteiger partial charge is 0.354 e. The number of hydrogen-bond donors (Lipinski definition) is 1. The lowest BCUT2D eigenvalue weighted by Gasteiger charge is -2.07. The van der Waals surface area contributed by atoms with Crippen molar-refractivity contribution in [2.45, 2.75) is 6.54 Å². The van der Waals surface area contributed by atoms with Crippen molar-refractivity contribution in [3.05, 3.63) is 78.0 Å². The maximum absolute atomic E-state index is 12.0. The van der Waals surface area contributed by atoms with Crippen LogP contribution in [-0.2, 0) is 13.6 Å². The van der Waals surface area contributed by atoms with E-state index in [1.165, 1.54) is 16.9 Å². The van der Waals surface area contributed by atoms with Crippen LogP contribution in [0.5, 0.6) is 5.75 Å². The predicted octanol–water partition coefficient (Wildman–Crippen LogP) is 3.23. The lowest BCUT2D eigenvalue weighted by Crippen LogP contribution is -2.10. The molecule has 0 saturated heterocycles. The van der Waals surface area contributed by atoms with Gasteiger partial charge in [-0.2, -0.15) is 20.6 Å². The molecule has 168 valence electrons. The van der Waals surface area contributed by atoms with E-state index >= 15 is 0 Å². The fraction of sp³-hybridized carbons (Fsp3) is 0.125. The van der Waals surface area contributed by atoms with Gasteiger partial charge in [0.1, 0.15) is 17.5 Å². The Hall–Kier alpha value is -4.91. The Morgan fingerprint density at radius 1 is 1.12 bits per heavy atom. The molecule has 10 nitrogen and oxygen atoms in total. The van der Waals surface area contributed by atoms with Crippen molar-refractivity contribution in [3.63, 3.8) is 0 Å². The number of fused-ring (bicyclic) bond motifs is 1. The van der Waals surface area contributed by atoms with Gasteiger partial charge in [0.2, 0.25) is 0 Å². The average molecular weight is 453 g/mol. The second-order valence-corrected chi connectivity index (χ2v) is 7.73. The normalized spacial score (nSPS) is 11.0. The van der Waals surface area contributed by atoms with Gasteiger partial charge in [-0.3, -0.25) is 9.36 Å². The van der Waals surface area contributed by atoms with Gasteiger partial charge in [0.15, 0.2) is 0 Å².